The first-order valence-corrected chi connectivity index (χ1v) is 5.77. The molecule has 1 fully saturated rings. The van der Waals surface area contributed by atoms with Gasteiger partial charge in [-0.05, 0) is 25.0 Å². The average molecular weight is 235 g/mol. The van der Waals surface area contributed by atoms with Crippen molar-refractivity contribution in [3.63, 3.8) is 0 Å². The Bertz CT molecular complexity index is 413. The summed E-state index contributed by atoms with van der Waals surface area (Å²) in [5.74, 6) is 1.59. The molecule has 92 valence electrons. The molecule has 1 aromatic rings. The van der Waals surface area contributed by atoms with Crippen LogP contribution in [0.4, 0.5) is 5.69 Å². The minimum atomic E-state index is 0.0831. The van der Waals surface area contributed by atoms with E-state index in [2.05, 4.69) is 5.32 Å². The molecule has 2 rings (SSSR count). The summed E-state index contributed by atoms with van der Waals surface area (Å²) < 4.78 is 10.3. The minimum absolute atomic E-state index is 0.0831. The Morgan fingerprint density at radius 2 is 2.06 bits per heavy atom. The van der Waals surface area contributed by atoms with Crippen LogP contribution in [0.5, 0.6) is 11.5 Å². The fourth-order valence-corrected chi connectivity index (χ4v) is 1.81. The molecule has 0 aromatic heterocycles. The van der Waals surface area contributed by atoms with Crippen LogP contribution in [0.3, 0.4) is 0 Å². The van der Waals surface area contributed by atoms with Gasteiger partial charge in [-0.2, -0.15) is 0 Å². The molecular weight excluding hydrogens is 218 g/mol. The molecule has 0 unspecified atom stereocenters. The summed E-state index contributed by atoms with van der Waals surface area (Å²) in [6.07, 6.45) is 3.13. The number of ether oxygens (including phenoxy) is 2. The van der Waals surface area contributed by atoms with E-state index in [0.717, 1.165) is 19.3 Å². The van der Waals surface area contributed by atoms with Gasteiger partial charge in [0.1, 0.15) is 11.5 Å². The molecule has 1 amide bonds. The summed E-state index contributed by atoms with van der Waals surface area (Å²) in [5.41, 5.74) is 0.699. The summed E-state index contributed by atoms with van der Waals surface area (Å²) in [6, 6.07) is 5.36. The maximum Gasteiger partial charge on any atom is 0.227 e. The largest absolute Gasteiger partial charge is 0.497 e. The lowest BCUT2D eigenvalue weighted by atomic mass is 9.85. The van der Waals surface area contributed by atoms with E-state index in [4.69, 9.17) is 9.47 Å². The number of carbonyl (C=O) groups is 1. The van der Waals surface area contributed by atoms with Gasteiger partial charge < -0.3 is 14.8 Å². The Morgan fingerprint density at radius 1 is 1.29 bits per heavy atom. The summed E-state index contributed by atoms with van der Waals surface area (Å²) in [4.78, 5) is 11.8. The van der Waals surface area contributed by atoms with Crippen LogP contribution in [0.15, 0.2) is 18.2 Å². The summed E-state index contributed by atoms with van der Waals surface area (Å²) in [5, 5.41) is 2.90. The van der Waals surface area contributed by atoms with Gasteiger partial charge in [0, 0.05) is 12.0 Å². The molecule has 0 atom stereocenters. The van der Waals surface area contributed by atoms with Gasteiger partial charge in [0.2, 0.25) is 5.91 Å². The molecule has 0 aliphatic heterocycles. The molecule has 1 aliphatic carbocycles. The number of carbonyl (C=O) groups excluding carboxylic acids is 1. The zero-order valence-electron chi connectivity index (χ0n) is 10.2. The zero-order valence-corrected chi connectivity index (χ0v) is 10.2. The topological polar surface area (TPSA) is 47.6 Å². The van der Waals surface area contributed by atoms with Gasteiger partial charge in [-0.1, -0.05) is 6.42 Å². The maximum absolute atomic E-state index is 11.8. The maximum atomic E-state index is 11.8. The number of methoxy groups -OCH3 is 2. The van der Waals surface area contributed by atoms with E-state index < -0.39 is 0 Å². The lowest BCUT2D eigenvalue weighted by Gasteiger charge is -2.24. The second-order valence-electron chi connectivity index (χ2n) is 4.18. The van der Waals surface area contributed by atoms with Gasteiger partial charge in [0.05, 0.1) is 19.9 Å². The van der Waals surface area contributed by atoms with Crippen LogP contribution in [0.1, 0.15) is 19.3 Å². The molecular formula is C13H17NO3. The van der Waals surface area contributed by atoms with Gasteiger partial charge in [-0.3, -0.25) is 4.79 Å². The highest BCUT2D eigenvalue weighted by Gasteiger charge is 2.25. The van der Waals surface area contributed by atoms with E-state index in [1.807, 2.05) is 0 Å². The molecule has 0 radical (unpaired) electrons. The molecule has 1 aliphatic rings. The van der Waals surface area contributed by atoms with Crippen molar-refractivity contribution in [1.29, 1.82) is 0 Å². The normalized spacial score (nSPS) is 14.9. The Kier molecular flexibility index (Phi) is 3.52. The number of amides is 1. The highest BCUT2D eigenvalue weighted by Crippen LogP contribution is 2.32. The zero-order chi connectivity index (χ0) is 12.3. The van der Waals surface area contributed by atoms with E-state index in [9.17, 15) is 4.79 Å². The molecule has 0 heterocycles. The molecule has 0 bridgehead atoms. The first-order chi connectivity index (χ1) is 8.24. The Balaban J connectivity index is 2.11. The van der Waals surface area contributed by atoms with Crippen LogP contribution in [0.2, 0.25) is 0 Å². The number of benzene rings is 1. The standard InChI is InChI=1S/C13H17NO3/c1-16-10-6-7-11(12(8-10)17-2)14-13(15)9-4-3-5-9/h6-9H,3-5H2,1-2H3,(H,14,15). The molecule has 1 aromatic carbocycles. The number of anilines is 1. The van der Waals surface area contributed by atoms with Crippen molar-refractivity contribution < 1.29 is 14.3 Å². The van der Waals surface area contributed by atoms with Crippen LogP contribution in [-0.4, -0.2) is 20.1 Å². The van der Waals surface area contributed by atoms with Crippen molar-refractivity contribution >= 4 is 11.6 Å². The van der Waals surface area contributed by atoms with E-state index in [0.29, 0.717) is 17.2 Å². The first-order valence-electron chi connectivity index (χ1n) is 5.77. The van der Waals surface area contributed by atoms with E-state index in [1.54, 1.807) is 32.4 Å². The van der Waals surface area contributed by atoms with Crippen molar-refractivity contribution in [1.82, 2.24) is 0 Å². The van der Waals surface area contributed by atoms with E-state index >= 15 is 0 Å². The van der Waals surface area contributed by atoms with Crippen LogP contribution >= 0.6 is 0 Å². The average Bonchev–Trinajstić information content (AvgIpc) is 2.27. The summed E-state index contributed by atoms with van der Waals surface area (Å²) in [6.45, 7) is 0. The number of rotatable bonds is 4. The lowest BCUT2D eigenvalue weighted by Crippen LogP contribution is -2.28. The van der Waals surface area contributed by atoms with Crippen LogP contribution < -0.4 is 14.8 Å². The molecule has 4 heteroatoms. The monoisotopic (exact) mass is 235 g/mol. The van der Waals surface area contributed by atoms with Gasteiger partial charge in [0.15, 0.2) is 0 Å². The van der Waals surface area contributed by atoms with Crippen molar-refractivity contribution in [2.24, 2.45) is 5.92 Å². The van der Waals surface area contributed by atoms with Crippen LogP contribution in [0.25, 0.3) is 0 Å². The summed E-state index contributed by atoms with van der Waals surface area (Å²) in [7, 11) is 3.18. The van der Waals surface area contributed by atoms with Gasteiger partial charge in [0.25, 0.3) is 0 Å². The predicted octanol–water partition coefficient (Wildman–Crippen LogP) is 2.44. The minimum Gasteiger partial charge on any atom is -0.497 e. The second-order valence-corrected chi connectivity index (χ2v) is 4.18. The van der Waals surface area contributed by atoms with Crippen molar-refractivity contribution in [2.45, 2.75) is 19.3 Å². The van der Waals surface area contributed by atoms with E-state index in [-0.39, 0.29) is 11.8 Å². The van der Waals surface area contributed by atoms with Gasteiger partial charge in [-0.15, -0.1) is 0 Å². The SMILES string of the molecule is COc1ccc(NC(=O)C2CCC2)c(OC)c1. The van der Waals surface area contributed by atoms with Crippen LogP contribution in [0, 0.1) is 5.92 Å². The predicted molar refractivity (Wildman–Crippen MR) is 65.5 cm³/mol. The van der Waals surface area contributed by atoms with Crippen LogP contribution in [-0.2, 0) is 4.79 Å². The molecule has 1 saturated carbocycles. The summed E-state index contributed by atoms with van der Waals surface area (Å²) >= 11 is 0. The van der Waals surface area contributed by atoms with E-state index in [1.165, 1.54) is 0 Å². The Labute approximate surface area is 101 Å². The third kappa shape index (κ3) is 2.52. The van der Waals surface area contributed by atoms with Crippen molar-refractivity contribution in [3.8, 4) is 11.5 Å². The fraction of sp³-hybridized carbons (Fsp3) is 0.462. The number of hydrogen-bond acceptors (Lipinski definition) is 3. The number of hydrogen-bond donors (Lipinski definition) is 1. The fourth-order valence-electron chi connectivity index (χ4n) is 1.81. The molecule has 0 spiro atoms. The molecule has 17 heavy (non-hydrogen) atoms. The third-order valence-corrected chi connectivity index (χ3v) is 3.14. The Morgan fingerprint density at radius 3 is 2.59 bits per heavy atom. The Hall–Kier alpha value is -1.71. The smallest absolute Gasteiger partial charge is 0.227 e. The molecule has 0 saturated heterocycles. The highest BCUT2D eigenvalue weighted by atomic mass is 16.5. The lowest BCUT2D eigenvalue weighted by molar-refractivity contribution is -0.122. The molecule has 4 nitrogen and oxygen atoms in total. The van der Waals surface area contributed by atoms with Gasteiger partial charge >= 0.3 is 0 Å². The third-order valence-electron chi connectivity index (χ3n) is 3.14. The second kappa shape index (κ2) is 5.08. The van der Waals surface area contributed by atoms with Crippen molar-refractivity contribution in [2.75, 3.05) is 19.5 Å². The quantitative estimate of drug-likeness (QED) is 0.872. The van der Waals surface area contributed by atoms with Crippen molar-refractivity contribution in [3.05, 3.63) is 18.2 Å². The van der Waals surface area contributed by atoms with Gasteiger partial charge in [-0.25, -0.2) is 0 Å². The first kappa shape index (κ1) is 11.8. The molecule has 1 N–H and O–H groups in total. The highest BCUT2D eigenvalue weighted by molar-refractivity contribution is 5.94. The number of nitrogens with one attached hydrogen (secondary N) is 1.